The van der Waals surface area contributed by atoms with E-state index < -0.39 is 5.82 Å². The SMILES string of the molecule is COc1ccc2nc(-c3ccc(-n4cncc4-c4ccc(F)c(OC)c4)cc3)sc2c1. The molecule has 5 aromatic rings. The Bertz CT molecular complexity index is 1380. The number of hydrogen-bond acceptors (Lipinski definition) is 5. The van der Waals surface area contributed by atoms with Crippen molar-refractivity contribution in [3.8, 4) is 39.0 Å². The van der Waals surface area contributed by atoms with E-state index in [0.29, 0.717) is 0 Å². The van der Waals surface area contributed by atoms with Crippen molar-refractivity contribution in [1.29, 1.82) is 0 Å². The van der Waals surface area contributed by atoms with Gasteiger partial charge in [0.2, 0.25) is 0 Å². The first-order valence-electron chi connectivity index (χ1n) is 9.58. The normalized spacial score (nSPS) is 11.1. The average molecular weight is 431 g/mol. The van der Waals surface area contributed by atoms with Crippen molar-refractivity contribution in [1.82, 2.24) is 14.5 Å². The molecule has 0 radical (unpaired) electrons. The number of aromatic nitrogens is 3. The van der Waals surface area contributed by atoms with Crippen LogP contribution in [0.5, 0.6) is 11.5 Å². The second kappa shape index (κ2) is 7.85. The Kier molecular flexibility index (Phi) is 4.88. The van der Waals surface area contributed by atoms with E-state index in [-0.39, 0.29) is 5.75 Å². The second-order valence-electron chi connectivity index (χ2n) is 6.90. The predicted molar refractivity (Wildman–Crippen MR) is 121 cm³/mol. The van der Waals surface area contributed by atoms with Gasteiger partial charge >= 0.3 is 0 Å². The van der Waals surface area contributed by atoms with Crippen LogP contribution in [0.25, 0.3) is 37.7 Å². The molecule has 5 nitrogen and oxygen atoms in total. The molecule has 0 spiro atoms. The van der Waals surface area contributed by atoms with Gasteiger partial charge in [-0.3, -0.25) is 4.57 Å². The average Bonchev–Trinajstić information content (AvgIpc) is 3.46. The third-order valence-electron chi connectivity index (χ3n) is 5.07. The van der Waals surface area contributed by atoms with Gasteiger partial charge in [0.25, 0.3) is 0 Å². The van der Waals surface area contributed by atoms with Crippen LogP contribution in [0.1, 0.15) is 0 Å². The van der Waals surface area contributed by atoms with E-state index >= 15 is 0 Å². The largest absolute Gasteiger partial charge is 0.497 e. The highest BCUT2D eigenvalue weighted by Crippen LogP contribution is 2.33. The van der Waals surface area contributed by atoms with E-state index in [1.54, 1.807) is 43.1 Å². The van der Waals surface area contributed by atoms with Crippen LogP contribution in [0.4, 0.5) is 4.39 Å². The minimum atomic E-state index is -0.393. The van der Waals surface area contributed by atoms with Crippen LogP contribution in [0.15, 0.2) is 73.2 Å². The van der Waals surface area contributed by atoms with Crippen LogP contribution in [0.3, 0.4) is 0 Å². The zero-order valence-corrected chi connectivity index (χ0v) is 17.7. The number of imidazole rings is 1. The molecule has 0 aliphatic heterocycles. The number of thiazole rings is 1. The van der Waals surface area contributed by atoms with Gasteiger partial charge < -0.3 is 9.47 Å². The van der Waals surface area contributed by atoms with Gasteiger partial charge in [0, 0.05) is 16.8 Å². The maximum Gasteiger partial charge on any atom is 0.165 e. The van der Waals surface area contributed by atoms with Crippen molar-refractivity contribution in [2.24, 2.45) is 0 Å². The molecule has 2 heterocycles. The summed E-state index contributed by atoms with van der Waals surface area (Å²) in [6, 6.07) is 18.8. The molecule has 0 aliphatic carbocycles. The van der Waals surface area contributed by atoms with Crippen molar-refractivity contribution in [2.75, 3.05) is 14.2 Å². The van der Waals surface area contributed by atoms with Crippen LogP contribution < -0.4 is 9.47 Å². The molecule has 0 bridgehead atoms. The lowest BCUT2D eigenvalue weighted by Gasteiger charge is -2.10. The number of hydrogen-bond donors (Lipinski definition) is 0. The first-order chi connectivity index (χ1) is 15.2. The van der Waals surface area contributed by atoms with E-state index in [9.17, 15) is 4.39 Å². The minimum absolute atomic E-state index is 0.202. The second-order valence-corrected chi connectivity index (χ2v) is 7.93. The predicted octanol–water partition coefficient (Wildman–Crippen LogP) is 5.97. The molecule has 0 unspecified atom stereocenters. The van der Waals surface area contributed by atoms with Crippen molar-refractivity contribution in [3.05, 3.63) is 79.0 Å². The Balaban J connectivity index is 1.48. The van der Waals surface area contributed by atoms with Gasteiger partial charge in [-0.15, -0.1) is 11.3 Å². The molecule has 0 atom stereocenters. The first-order valence-corrected chi connectivity index (χ1v) is 10.4. The molecule has 5 rings (SSSR count). The number of ether oxygens (including phenoxy) is 2. The van der Waals surface area contributed by atoms with Crippen LogP contribution in [-0.4, -0.2) is 28.8 Å². The van der Waals surface area contributed by atoms with Crippen molar-refractivity contribution in [2.45, 2.75) is 0 Å². The van der Waals surface area contributed by atoms with Gasteiger partial charge in [0.15, 0.2) is 11.6 Å². The lowest BCUT2D eigenvalue weighted by molar-refractivity contribution is 0.387. The topological polar surface area (TPSA) is 49.2 Å². The number of benzene rings is 3. The fourth-order valence-electron chi connectivity index (χ4n) is 3.45. The molecule has 3 aromatic carbocycles. The van der Waals surface area contributed by atoms with E-state index in [2.05, 4.69) is 4.98 Å². The Morgan fingerprint density at radius 2 is 1.71 bits per heavy atom. The number of fused-ring (bicyclic) bond motifs is 1. The third-order valence-corrected chi connectivity index (χ3v) is 6.14. The molecule has 0 amide bonds. The van der Waals surface area contributed by atoms with Gasteiger partial charge in [0.1, 0.15) is 10.8 Å². The van der Waals surface area contributed by atoms with E-state index in [4.69, 9.17) is 14.5 Å². The van der Waals surface area contributed by atoms with E-state index in [1.165, 1.54) is 13.2 Å². The smallest absolute Gasteiger partial charge is 0.165 e. The molecular formula is C24H18FN3O2S. The highest BCUT2D eigenvalue weighted by molar-refractivity contribution is 7.21. The number of methoxy groups -OCH3 is 2. The summed E-state index contributed by atoms with van der Waals surface area (Å²) in [5.74, 6) is 0.631. The fraction of sp³-hybridized carbons (Fsp3) is 0.0833. The van der Waals surface area contributed by atoms with Crippen LogP contribution in [0, 0.1) is 5.82 Å². The molecule has 31 heavy (non-hydrogen) atoms. The summed E-state index contributed by atoms with van der Waals surface area (Å²) in [4.78, 5) is 9.02. The quantitative estimate of drug-likeness (QED) is 0.344. The molecule has 0 aliphatic rings. The van der Waals surface area contributed by atoms with Gasteiger partial charge in [-0.1, -0.05) is 0 Å². The van der Waals surface area contributed by atoms with Gasteiger partial charge in [-0.25, -0.2) is 14.4 Å². The van der Waals surface area contributed by atoms with Crippen molar-refractivity contribution < 1.29 is 13.9 Å². The maximum atomic E-state index is 13.8. The summed E-state index contributed by atoms with van der Waals surface area (Å²) in [6.45, 7) is 0. The highest BCUT2D eigenvalue weighted by Gasteiger charge is 2.12. The summed E-state index contributed by atoms with van der Waals surface area (Å²) in [5, 5.41) is 0.948. The van der Waals surface area contributed by atoms with Gasteiger partial charge in [-0.05, 0) is 60.7 Å². The molecule has 7 heteroatoms. The molecule has 0 saturated heterocycles. The Morgan fingerprint density at radius 1 is 0.903 bits per heavy atom. The lowest BCUT2D eigenvalue weighted by atomic mass is 10.1. The Hall–Kier alpha value is -3.71. The summed E-state index contributed by atoms with van der Waals surface area (Å²) >= 11 is 1.63. The maximum absolute atomic E-state index is 13.8. The number of halogens is 1. The van der Waals surface area contributed by atoms with Crippen LogP contribution >= 0.6 is 11.3 Å². The zero-order chi connectivity index (χ0) is 21.4. The highest BCUT2D eigenvalue weighted by atomic mass is 32.1. The summed E-state index contributed by atoms with van der Waals surface area (Å²) in [6.07, 6.45) is 3.49. The van der Waals surface area contributed by atoms with Gasteiger partial charge in [-0.2, -0.15) is 0 Å². The molecule has 154 valence electrons. The molecular weight excluding hydrogens is 413 g/mol. The molecule has 0 saturated carbocycles. The van der Waals surface area contributed by atoms with Crippen molar-refractivity contribution in [3.63, 3.8) is 0 Å². The van der Waals surface area contributed by atoms with Crippen molar-refractivity contribution >= 4 is 21.6 Å². The standard InChI is InChI=1S/C24H18FN3O2S/c1-29-18-8-10-20-23(12-18)31-24(27-20)15-3-6-17(7-4-15)28-14-26-13-21(28)16-5-9-19(25)22(11-16)30-2/h3-14H,1-2H3. The zero-order valence-electron chi connectivity index (χ0n) is 16.9. The number of rotatable bonds is 5. The lowest BCUT2D eigenvalue weighted by Crippen LogP contribution is -1.96. The third kappa shape index (κ3) is 3.53. The van der Waals surface area contributed by atoms with Crippen LogP contribution in [-0.2, 0) is 0 Å². The monoisotopic (exact) mass is 431 g/mol. The van der Waals surface area contributed by atoms with Crippen LogP contribution in [0.2, 0.25) is 0 Å². The van der Waals surface area contributed by atoms with E-state index in [0.717, 1.165) is 43.5 Å². The molecule has 2 aromatic heterocycles. The number of nitrogens with zero attached hydrogens (tertiary/aromatic N) is 3. The minimum Gasteiger partial charge on any atom is -0.497 e. The summed E-state index contributed by atoms with van der Waals surface area (Å²) in [7, 11) is 3.12. The Labute approximate surface area is 182 Å². The Morgan fingerprint density at radius 3 is 2.48 bits per heavy atom. The molecule has 0 fully saturated rings. The van der Waals surface area contributed by atoms with Gasteiger partial charge in [0.05, 0.1) is 42.7 Å². The fourth-order valence-corrected chi connectivity index (χ4v) is 4.45. The summed E-state index contributed by atoms with van der Waals surface area (Å²) < 4.78 is 27.3. The molecule has 0 N–H and O–H groups in total. The van der Waals surface area contributed by atoms with E-state index in [1.807, 2.05) is 47.0 Å². The summed E-state index contributed by atoms with van der Waals surface area (Å²) in [5.41, 5.74) is 4.60. The first kappa shape index (κ1) is 19.3.